The first kappa shape index (κ1) is 15.2. The Morgan fingerprint density at radius 2 is 2.18 bits per heavy atom. The molecule has 22 heavy (non-hydrogen) atoms. The van der Waals surface area contributed by atoms with Gasteiger partial charge < -0.3 is 9.47 Å². The maximum atomic E-state index is 12.2. The van der Waals surface area contributed by atoms with Gasteiger partial charge in [-0.1, -0.05) is 13.3 Å². The van der Waals surface area contributed by atoms with Crippen molar-refractivity contribution < 1.29 is 19.1 Å². The number of fused-ring (bicyclic) bond motifs is 2. The summed E-state index contributed by atoms with van der Waals surface area (Å²) < 4.78 is 11.1. The summed E-state index contributed by atoms with van der Waals surface area (Å²) in [7, 11) is 0. The highest BCUT2D eigenvalue weighted by Gasteiger charge is 2.38. The van der Waals surface area contributed by atoms with E-state index < -0.39 is 11.9 Å². The highest BCUT2D eigenvalue weighted by molar-refractivity contribution is 7.99. The Morgan fingerprint density at radius 1 is 1.36 bits per heavy atom. The van der Waals surface area contributed by atoms with Crippen molar-refractivity contribution in [1.29, 1.82) is 0 Å². The maximum Gasteiger partial charge on any atom is 0.321 e. The fourth-order valence-corrected chi connectivity index (χ4v) is 3.56. The lowest BCUT2D eigenvalue weighted by atomic mass is 9.94. The van der Waals surface area contributed by atoms with Crippen molar-refractivity contribution in [2.45, 2.75) is 31.6 Å². The van der Waals surface area contributed by atoms with Crippen LogP contribution in [0.15, 0.2) is 28.7 Å². The van der Waals surface area contributed by atoms with E-state index in [0.717, 1.165) is 29.1 Å². The van der Waals surface area contributed by atoms with Gasteiger partial charge in [0.2, 0.25) is 0 Å². The maximum absolute atomic E-state index is 12.2. The molecular weight excluding hydrogens is 300 g/mol. The van der Waals surface area contributed by atoms with Crippen LogP contribution in [0.1, 0.15) is 32.3 Å². The molecule has 1 atom stereocenters. The van der Waals surface area contributed by atoms with Crippen molar-refractivity contribution in [3.8, 4) is 5.75 Å². The molecule has 1 aromatic carbocycles. The van der Waals surface area contributed by atoms with E-state index in [1.165, 1.54) is 0 Å². The molecule has 4 nitrogen and oxygen atoms in total. The zero-order valence-corrected chi connectivity index (χ0v) is 13.5. The quantitative estimate of drug-likeness (QED) is 0.483. The van der Waals surface area contributed by atoms with Crippen molar-refractivity contribution in [3.63, 3.8) is 0 Å². The largest absolute Gasteiger partial charge is 0.494 e. The molecule has 3 rings (SSSR count). The van der Waals surface area contributed by atoms with Crippen molar-refractivity contribution in [2.75, 3.05) is 12.4 Å². The van der Waals surface area contributed by atoms with Crippen molar-refractivity contribution >= 4 is 29.3 Å². The number of hydrogen-bond acceptors (Lipinski definition) is 5. The normalized spacial score (nSPS) is 20.4. The molecule has 1 aromatic rings. The first-order valence-corrected chi connectivity index (χ1v) is 8.49. The molecule has 5 heteroatoms. The molecule has 2 aliphatic heterocycles. The number of carbonyl (C=O) groups excluding carboxylic acids is 2. The van der Waals surface area contributed by atoms with Gasteiger partial charge in [0, 0.05) is 21.8 Å². The first-order valence-electron chi connectivity index (χ1n) is 7.51. The van der Waals surface area contributed by atoms with E-state index in [2.05, 4.69) is 6.92 Å². The zero-order valence-electron chi connectivity index (χ0n) is 12.7. The molecule has 0 saturated carbocycles. The lowest BCUT2D eigenvalue weighted by Gasteiger charge is -2.27. The van der Waals surface area contributed by atoms with Crippen LogP contribution in [0.2, 0.25) is 0 Å². The molecule has 2 heterocycles. The van der Waals surface area contributed by atoms with Crippen LogP contribution >= 0.6 is 11.8 Å². The summed E-state index contributed by atoms with van der Waals surface area (Å²) >= 11 is 1.58. The smallest absolute Gasteiger partial charge is 0.321 e. The topological polar surface area (TPSA) is 52.6 Å². The predicted octanol–water partition coefficient (Wildman–Crippen LogP) is 3.44. The van der Waals surface area contributed by atoms with E-state index >= 15 is 0 Å². The Bertz CT molecular complexity index is 663. The van der Waals surface area contributed by atoms with Crippen molar-refractivity contribution in [2.24, 2.45) is 5.92 Å². The number of ether oxygens (including phenoxy) is 2. The van der Waals surface area contributed by atoms with Gasteiger partial charge in [0.1, 0.15) is 17.4 Å². The van der Waals surface area contributed by atoms with Gasteiger partial charge in [0.15, 0.2) is 5.78 Å². The van der Waals surface area contributed by atoms with Crippen LogP contribution in [-0.2, 0) is 14.3 Å². The molecule has 0 bridgehead atoms. The van der Waals surface area contributed by atoms with Gasteiger partial charge in [0.05, 0.1) is 6.61 Å². The fourth-order valence-electron chi connectivity index (χ4n) is 2.47. The number of carbonyl (C=O) groups is 2. The second kappa shape index (κ2) is 6.16. The van der Waals surface area contributed by atoms with Gasteiger partial charge in [-0.05, 0) is 31.5 Å². The summed E-state index contributed by atoms with van der Waals surface area (Å²) in [6, 6.07) is 5.69. The number of hydrogen-bond donors (Lipinski definition) is 0. The van der Waals surface area contributed by atoms with Gasteiger partial charge in [-0.3, -0.25) is 9.59 Å². The molecular formula is C17H18O4S. The van der Waals surface area contributed by atoms with E-state index in [1.54, 1.807) is 18.7 Å². The molecule has 0 aliphatic carbocycles. The average molecular weight is 318 g/mol. The van der Waals surface area contributed by atoms with Gasteiger partial charge >= 0.3 is 5.97 Å². The van der Waals surface area contributed by atoms with E-state index in [0.29, 0.717) is 23.7 Å². The molecule has 0 amide bonds. The summed E-state index contributed by atoms with van der Waals surface area (Å²) in [5.41, 5.74) is 1.42. The van der Waals surface area contributed by atoms with Crippen molar-refractivity contribution in [1.82, 2.24) is 0 Å². The average Bonchev–Trinajstić information content (AvgIpc) is 2.52. The number of rotatable bonds is 4. The van der Waals surface area contributed by atoms with Crippen LogP contribution in [-0.4, -0.2) is 24.1 Å². The number of esters is 1. The number of thioether (sulfide) groups is 1. The van der Waals surface area contributed by atoms with Gasteiger partial charge in [-0.2, -0.15) is 0 Å². The minimum Gasteiger partial charge on any atom is -0.494 e. The molecule has 0 N–H and O–H groups in total. The predicted molar refractivity (Wildman–Crippen MR) is 84.8 cm³/mol. The van der Waals surface area contributed by atoms with Crippen LogP contribution in [0.4, 0.5) is 0 Å². The first-order chi connectivity index (χ1) is 10.6. The molecule has 1 unspecified atom stereocenters. The van der Waals surface area contributed by atoms with Crippen LogP contribution in [0.3, 0.4) is 0 Å². The number of unbranched alkanes of at least 4 members (excludes halogenated alkanes) is 1. The summed E-state index contributed by atoms with van der Waals surface area (Å²) in [6.45, 7) is 4.41. The summed E-state index contributed by atoms with van der Waals surface area (Å²) in [5.74, 6) is 0.500. The molecule has 116 valence electrons. The number of benzene rings is 1. The summed E-state index contributed by atoms with van der Waals surface area (Å²) in [6.07, 6.45) is 2.11. The van der Waals surface area contributed by atoms with E-state index in [4.69, 9.17) is 9.47 Å². The molecule has 0 saturated heterocycles. The van der Waals surface area contributed by atoms with E-state index in [1.807, 2.05) is 18.2 Å². The molecule has 0 aromatic heterocycles. The van der Waals surface area contributed by atoms with Crippen LogP contribution in [0.5, 0.6) is 5.75 Å². The SMILES string of the molecule is CCCCOc1ccc2c(c1)SCC1=C2OC(=O)C(C)C1=O. The third-order valence-electron chi connectivity index (χ3n) is 3.86. The fraction of sp³-hybridized carbons (Fsp3) is 0.412. The number of ketones is 1. The Labute approximate surface area is 133 Å². The summed E-state index contributed by atoms with van der Waals surface area (Å²) in [5, 5.41) is 0. The molecule has 0 radical (unpaired) electrons. The second-order valence-corrected chi connectivity index (χ2v) is 6.48. The Kier molecular flexibility index (Phi) is 4.25. The van der Waals surface area contributed by atoms with Crippen LogP contribution < -0.4 is 4.74 Å². The van der Waals surface area contributed by atoms with Crippen LogP contribution in [0.25, 0.3) is 5.76 Å². The number of Topliss-reactive ketones (excluding diaryl/α,β-unsaturated/α-hetero) is 1. The van der Waals surface area contributed by atoms with E-state index in [9.17, 15) is 9.59 Å². The molecule has 0 fully saturated rings. The van der Waals surface area contributed by atoms with Crippen molar-refractivity contribution in [3.05, 3.63) is 29.3 Å². The lowest BCUT2D eigenvalue weighted by molar-refractivity contribution is -0.145. The van der Waals surface area contributed by atoms with Crippen LogP contribution in [0, 0.1) is 5.92 Å². The van der Waals surface area contributed by atoms with Gasteiger partial charge in [0.25, 0.3) is 0 Å². The third kappa shape index (κ3) is 2.65. The Morgan fingerprint density at radius 3 is 2.95 bits per heavy atom. The second-order valence-electron chi connectivity index (χ2n) is 5.46. The highest BCUT2D eigenvalue weighted by Crippen LogP contribution is 2.42. The Balaban J connectivity index is 1.90. The lowest BCUT2D eigenvalue weighted by Crippen LogP contribution is -2.32. The summed E-state index contributed by atoms with van der Waals surface area (Å²) in [4.78, 5) is 25.0. The third-order valence-corrected chi connectivity index (χ3v) is 4.94. The standard InChI is InChI=1S/C17H18O4S/c1-3-4-7-20-11-5-6-12-14(8-11)22-9-13-15(18)10(2)17(19)21-16(12)13/h5-6,8,10H,3-4,7,9H2,1-2H3. The zero-order chi connectivity index (χ0) is 15.7. The van der Waals surface area contributed by atoms with Gasteiger partial charge in [-0.15, -0.1) is 11.8 Å². The van der Waals surface area contributed by atoms with E-state index in [-0.39, 0.29) is 5.78 Å². The Hall–Kier alpha value is -1.75. The van der Waals surface area contributed by atoms with Gasteiger partial charge in [-0.25, -0.2) is 0 Å². The minimum atomic E-state index is -0.697. The molecule has 2 aliphatic rings. The monoisotopic (exact) mass is 318 g/mol. The highest BCUT2D eigenvalue weighted by atomic mass is 32.2. The molecule has 0 spiro atoms. The minimum absolute atomic E-state index is 0.118.